The molecule has 206 valence electrons. The maximum Gasteiger partial charge on any atom is 0.343 e. The lowest BCUT2D eigenvalue weighted by molar-refractivity contribution is -0.123. The fourth-order valence-corrected chi connectivity index (χ4v) is 3.82. The van der Waals surface area contributed by atoms with Crippen molar-refractivity contribution in [1.82, 2.24) is 5.43 Å². The first-order valence-corrected chi connectivity index (χ1v) is 12.1. The minimum atomic E-state index is -0.655. The molecule has 0 fully saturated rings. The van der Waals surface area contributed by atoms with E-state index in [2.05, 4.69) is 10.5 Å². The molecule has 4 aromatic rings. The quantitative estimate of drug-likeness (QED) is 0.126. The lowest BCUT2D eigenvalue weighted by Crippen LogP contribution is -2.24. The smallest absolute Gasteiger partial charge is 0.343 e. The summed E-state index contributed by atoms with van der Waals surface area (Å²) in [5.74, 6) is 0.968. The number of rotatable bonds is 11. The van der Waals surface area contributed by atoms with Crippen LogP contribution in [0.15, 0.2) is 77.9 Å². The third kappa shape index (κ3) is 6.60. The molecule has 4 rings (SSSR count). The van der Waals surface area contributed by atoms with E-state index in [4.69, 9.17) is 28.4 Å². The molecule has 0 aliphatic carbocycles. The van der Waals surface area contributed by atoms with E-state index in [1.807, 2.05) is 36.4 Å². The van der Waals surface area contributed by atoms with Crippen LogP contribution in [0, 0.1) is 0 Å². The Morgan fingerprint density at radius 2 is 1.45 bits per heavy atom. The van der Waals surface area contributed by atoms with Gasteiger partial charge in [0.15, 0.2) is 29.6 Å². The summed E-state index contributed by atoms with van der Waals surface area (Å²) in [5, 5.41) is 6.07. The zero-order valence-electron chi connectivity index (χ0n) is 22.4. The molecule has 0 spiro atoms. The zero-order chi connectivity index (χ0) is 28.5. The molecule has 0 aliphatic heterocycles. The van der Waals surface area contributed by atoms with Crippen molar-refractivity contribution >= 4 is 28.9 Å². The zero-order valence-corrected chi connectivity index (χ0v) is 22.4. The van der Waals surface area contributed by atoms with Crippen LogP contribution in [0.4, 0.5) is 0 Å². The third-order valence-electron chi connectivity index (χ3n) is 5.78. The van der Waals surface area contributed by atoms with E-state index in [9.17, 15) is 9.59 Å². The van der Waals surface area contributed by atoms with Crippen LogP contribution in [-0.4, -0.2) is 53.1 Å². The fourth-order valence-electron chi connectivity index (χ4n) is 3.82. The molecule has 10 heteroatoms. The van der Waals surface area contributed by atoms with Gasteiger partial charge in [0, 0.05) is 0 Å². The minimum Gasteiger partial charge on any atom is -0.493 e. The van der Waals surface area contributed by atoms with E-state index in [-0.39, 0.29) is 23.7 Å². The van der Waals surface area contributed by atoms with E-state index in [1.54, 1.807) is 24.3 Å². The molecule has 0 heterocycles. The molecular formula is C30H28N2O8. The third-order valence-corrected chi connectivity index (χ3v) is 5.78. The molecule has 0 saturated heterocycles. The van der Waals surface area contributed by atoms with Gasteiger partial charge in [0.25, 0.3) is 5.91 Å². The lowest BCUT2D eigenvalue weighted by Gasteiger charge is -2.14. The summed E-state index contributed by atoms with van der Waals surface area (Å²) in [6.45, 7) is -0.200. The van der Waals surface area contributed by atoms with Gasteiger partial charge >= 0.3 is 5.97 Å². The maximum atomic E-state index is 12.9. The van der Waals surface area contributed by atoms with Crippen molar-refractivity contribution in [1.29, 1.82) is 0 Å². The molecule has 0 radical (unpaired) electrons. The molecule has 0 atom stereocenters. The number of hydrazone groups is 1. The van der Waals surface area contributed by atoms with Crippen molar-refractivity contribution in [2.45, 2.75) is 0 Å². The Labute approximate surface area is 231 Å². The fraction of sp³-hybridized carbons (Fsp3) is 0.167. The second kappa shape index (κ2) is 13.0. The van der Waals surface area contributed by atoms with E-state index < -0.39 is 11.9 Å². The van der Waals surface area contributed by atoms with Gasteiger partial charge in [-0.15, -0.1) is 0 Å². The van der Waals surface area contributed by atoms with Crippen molar-refractivity contribution in [3.63, 3.8) is 0 Å². The first kappa shape index (κ1) is 27.8. The van der Waals surface area contributed by atoms with Gasteiger partial charge in [0.1, 0.15) is 5.75 Å². The van der Waals surface area contributed by atoms with Gasteiger partial charge in [-0.3, -0.25) is 4.79 Å². The highest BCUT2D eigenvalue weighted by molar-refractivity contribution is 5.93. The largest absolute Gasteiger partial charge is 0.493 e. The Hall–Kier alpha value is -5.25. The Bertz CT molecular complexity index is 1530. The average Bonchev–Trinajstić information content (AvgIpc) is 2.99. The van der Waals surface area contributed by atoms with Gasteiger partial charge in [-0.05, 0) is 58.8 Å². The molecule has 10 nitrogen and oxygen atoms in total. The Balaban J connectivity index is 1.36. The number of benzene rings is 4. The highest BCUT2D eigenvalue weighted by Crippen LogP contribution is 2.38. The lowest BCUT2D eigenvalue weighted by atomic mass is 10.1. The van der Waals surface area contributed by atoms with Crippen molar-refractivity contribution in [3.8, 4) is 34.5 Å². The monoisotopic (exact) mass is 544 g/mol. The van der Waals surface area contributed by atoms with Gasteiger partial charge in [0.2, 0.25) is 5.75 Å². The highest BCUT2D eigenvalue weighted by atomic mass is 16.6. The standard InChI is InChI=1S/C30H28N2O8/c1-35-25-13-19(17-31-32-28(33)18-39-23-11-10-20-7-5-6-8-21(20)14-23)9-12-24(25)40-30(34)22-15-26(36-2)29(38-4)27(16-22)37-3/h5-17H,18H2,1-4H3,(H,32,33)/b31-17+. The predicted molar refractivity (Wildman–Crippen MR) is 149 cm³/mol. The average molecular weight is 545 g/mol. The van der Waals surface area contributed by atoms with Gasteiger partial charge in [0.05, 0.1) is 40.2 Å². The van der Waals surface area contributed by atoms with Crippen LogP contribution in [0.1, 0.15) is 15.9 Å². The van der Waals surface area contributed by atoms with E-state index in [0.717, 1.165) is 10.8 Å². The summed E-state index contributed by atoms with van der Waals surface area (Å²) < 4.78 is 32.4. The molecular weight excluding hydrogens is 516 g/mol. The number of nitrogens with zero attached hydrogens (tertiary/aromatic N) is 1. The Kier molecular flexibility index (Phi) is 9.03. The summed E-state index contributed by atoms with van der Waals surface area (Å²) in [7, 11) is 5.82. The van der Waals surface area contributed by atoms with E-state index in [1.165, 1.54) is 46.8 Å². The number of hydrogen-bond acceptors (Lipinski definition) is 9. The van der Waals surface area contributed by atoms with Gasteiger partial charge in [-0.2, -0.15) is 5.10 Å². The van der Waals surface area contributed by atoms with Crippen molar-refractivity contribution in [2.75, 3.05) is 35.0 Å². The van der Waals surface area contributed by atoms with Gasteiger partial charge in [-0.25, -0.2) is 10.2 Å². The van der Waals surface area contributed by atoms with Crippen LogP contribution in [0.5, 0.6) is 34.5 Å². The molecule has 0 bridgehead atoms. The van der Waals surface area contributed by atoms with E-state index in [0.29, 0.717) is 28.6 Å². The second-order valence-electron chi connectivity index (χ2n) is 8.30. The molecule has 0 aromatic heterocycles. The van der Waals surface area contributed by atoms with Gasteiger partial charge in [-0.1, -0.05) is 30.3 Å². The first-order valence-electron chi connectivity index (χ1n) is 12.1. The van der Waals surface area contributed by atoms with Crippen LogP contribution in [0.2, 0.25) is 0 Å². The normalized spacial score (nSPS) is 10.7. The summed E-state index contributed by atoms with van der Waals surface area (Å²) in [6, 6.07) is 21.3. The molecule has 0 saturated carbocycles. The Morgan fingerprint density at radius 3 is 2.12 bits per heavy atom. The number of carbonyl (C=O) groups is 2. The molecule has 4 aromatic carbocycles. The molecule has 40 heavy (non-hydrogen) atoms. The topological polar surface area (TPSA) is 114 Å². The summed E-state index contributed by atoms with van der Waals surface area (Å²) in [6.07, 6.45) is 1.43. The number of amides is 1. The molecule has 0 aliphatic rings. The van der Waals surface area contributed by atoms with Crippen molar-refractivity contribution < 1.29 is 38.0 Å². The number of methoxy groups -OCH3 is 4. The molecule has 1 amide bonds. The van der Waals surface area contributed by atoms with Crippen LogP contribution in [0.3, 0.4) is 0 Å². The number of esters is 1. The number of fused-ring (bicyclic) bond motifs is 1. The number of carbonyl (C=O) groups excluding carboxylic acids is 2. The number of ether oxygens (including phenoxy) is 6. The van der Waals surface area contributed by atoms with Crippen LogP contribution >= 0.6 is 0 Å². The summed E-state index contributed by atoms with van der Waals surface area (Å²) in [4.78, 5) is 25.0. The van der Waals surface area contributed by atoms with Crippen molar-refractivity contribution in [3.05, 3.63) is 83.9 Å². The number of hydrogen-bond donors (Lipinski definition) is 1. The highest BCUT2D eigenvalue weighted by Gasteiger charge is 2.19. The minimum absolute atomic E-state index is 0.186. The van der Waals surface area contributed by atoms with Crippen LogP contribution in [-0.2, 0) is 4.79 Å². The number of nitrogens with one attached hydrogen (secondary N) is 1. The van der Waals surface area contributed by atoms with Gasteiger partial charge < -0.3 is 28.4 Å². The maximum absolute atomic E-state index is 12.9. The summed E-state index contributed by atoms with van der Waals surface area (Å²) in [5.41, 5.74) is 3.21. The molecule has 0 unspecified atom stereocenters. The molecule has 1 N–H and O–H groups in total. The van der Waals surface area contributed by atoms with E-state index >= 15 is 0 Å². The van der Waals surface area contributed by atoms with Crippen molar-refractivity contribution in [2.24, 2.45) is 5.10 Å². The summed E-state index contributed by atoms with van der Waals surface area (Å²) >= 11 is 0. The second-order valence-corrected chi connectivity index (χ2v) is 8.30. The van der Waals surface area contributed by atoms with Crippen LogP contribution in [0.25, 0.3) is 10.8 Å². The first-order chi connectivity index (χ1) is 19.4. The Morgan fingerprint density at radius 1 is 0.750 bits per heavy atom. The van der Waals surface area contributed by atoms with Crippen LogP contribution < -0.4 is 33.8 Å². The SMILES string of the molecule is COc1cc(/C=N/NC(=O)COc2ccc3ccccc3c2)ccc1OC(=O)c1cc(OC)c(OC)c(OC)c1. The predicted octanol–water partition coefficient (Wildman–Crippen LogP) is 4.62.